The normalized spacial score (nSPS) is 11.1. The number of rotatable bonds is 7. The lowest BCUT2D eigenvalue weighted by Crippen LogP contribution is -2.08. The number of hydrogen-bond donors (Lipinski definition) is 3. The highest BCUT2D eigenvalue weighted by atomic mass is 16.5. The van der Waals surface area contributed by atoms with Crippen LogP contribution in [-0.4, -0.2) is 39.0 Å². The number of aromatic carboxylic acids is 1. The third-order valence-electron chi connectivity index (χ3n) is 5.05. The lowest BCUT2D eigenvalue weighted by atomic mass is 10.1. The molecule has 4 aromatic rings. The number of hydrogen-bond acceptors (Lipinski definition) is 5. The Balaban J connectivity index is 1.64. The van der Waals surface area contributed by atoms with E-state index in [1.54, 1.807) is 31.4 Å². The maximum atomic E-state index is 12.5. The number of fused-ring (bicyclic) bond motifs is 1. The summed E-state index contributed by atoms with van der Waals surface area (Å²) in [5.41, 5.74) is 3.13. The number of aromatic nitrogens is 3. The number of benzene rings is 2. The first kappa shape index (κ1) is 21.8. The molecule has 2 aromatic carbocycles. The van der Waals surface area contributed by atoms with Gasteiger partial charge in [-0.15, -0.1) is 0 Å². The number of methoxy groups -OCH3 is 1. The monoisotopic (exact) mass is 442 g/mol. The van der Waals surface area contributed by atoms with E-state index in [1.807, 2.05) is 37.3 Å². The van der Waals surface area contributed by atoms with Gasteiger partial charge in [0.1, 0.15) is 17.2 Å². The minimum absolute atomic E-state index is 0.0957. The first-order valence-electron chi connectivity index (χ1n) is 10.3. The molecule has 4 rings (SSSR count). The molecule has 0 saturated carbocycles. The largest absolute Gasteiger partial charge is 0.497 e. The summed E-state index contributed by atoms with van der Waals surface area (Å²) in [6.45, 7) is 1.93. The van der Waals surface area contributed by atoms with Crippen LogP contribution in [-0.2, 0) is 11.2 Å². The first-order chi connectivity index (χ1) is 16.0. The highest BCUT2D eigenvalue weighted by Gasteiger charge is 2.19. The molecule has 0 aliphatic carbocycles. The number of nitrogens with zero attached hydrogens (tertiary/aromatic N) is 2. The highest BCUT2D eigenvalue weighted by molar-refractivity contribution is 6.08. The van der Waals surface area contributed by atoms with Crippen LogP contribution < -0.4 is 10.1 Å². The zero-order valence-electron chi connectivity index (χ0n) is 18.1. The second-order valence-corrected chi connectivity index (χ2v) is 7.25. The molecule has 0 atom stereocenters. The van der Waals surface area contributed by atoms with Gasteiger partial charge in [-0.25, -0.2) is 14.8 Å². The standard InChI is InChI=1S/C25H22N4O4/c1-3-20-28-23(22-19(25(31)32)14-26-24(22)29-20)16-7-5-8-17(13-16)27-21(30)11-10-15-6-4-9-18(12-15)33-2/h4-14H,3H2,1-2H3,(H,27,30)(H,31,32)(H,26,28,29)/b11-10+. The van der Waals surface area contributed by atoms with Gasteiger partial charge in [0, 0.05) is 29.9 Å². The predicted octanol–water partition coefficient (Wildman–Crippen LogP) is 4.55. The van der Waals surface area contributed by atoms with E-state index in [0.717, 1.165) is 5.56 Å². The lowest BCUT2D eigenvalue weighted by molar-refractivity contribution is -0.111. The molecule has 2 aromatic heterocycles. The van der Waals surface area contributed by atoms with Crippen LogP contribution in [0.3, 0.4) is 0 Å². The summed E-state index contributed by atoms with van der Waals surface area (Å²) in [5, 5.41) is 12.8. The van der Waals surface area contributed by atoms with Crippen molar-refractivity contribution in [2.24, 2.45) is 0 Å². The van der Waals surface area contributed by atoms with Crippen molar-refractivity contribution >= 4 is 34.7 Å². The van der Waals surface area contributed by atoms with Crippen molar-refractivity contribution < 1.29 is 19.4 Å². The zero-order valence-corrected chi connectivity index (χ0v) is 18.1. The minimum Gasteiger partial charge on any atom is -0.497 e. The van der Waals surface area contributed by atoms with E-state index in [1.165, 1.54) is 12.3 Å². The van der Waals surface area contributed by atoms with Gasteiger partial charge in [-0.2, -0.15) is 0 Å². The molecular weight excluding hydrogens is 420 g/mol. The second kappa shape index (κ2) is 9.35. The molecule has 0 spiro atoms. The van der Waals surface area contributed by atoms with Crippen molar-refractivity contribution in [2.75, 3.05) is 12.4 Å². The number of H-pyrrole nitrogens is 1. The van der Waals surface area contributed by atoms with E-state index in [0.29, 0.717) is 46.0 Å². The van der Waals surface area contributed by atoms with E-state index in [-0.39, 0.29) is 11.5 Å². The summed E-state index contributed by atoms with van der Waals surface area (Å²) in [4.78, 5) is 36.1. The first-order valence-corrected chi connectivity index (χ1v) is 10.3. The number of amides is 1. The Morgan fingerprint density at radius 1 is 1.15 bits per heavy atom. The fourth-order valence-electron chi connectivity index (χ4n) is 3.46. The van der Waals surface area contributed by atoms with E-state index < -0.39 is 5.97 Å². The summed E-state index contributed by atoms with van der Waals surface area (Å²) >= 11 is 0. The number of anilines is 1. The molecule has 3 N–H and O–H groups in total. The van der Waals surface area contributed by atoms with Gasteiger partial charge in [0.05, 0.1) is 23.8 Å². The Morgan fingerprint density at radius 3 is 2.73 bits per heavy atom. The van der Waals surface area contributed by atoms with E-state index in [2.05, 4.69) is 20.3 Å². The maximum absolute atomic E-state index is 12.5. The molecular formula is C25H22N4O4. The number of ether oxygens (including phenoxy) is 1. The summed E-state index contributed by atoms with van der Waals surface area (Å²) in [6.07, 6.45) is 5.14. The fraction of sp³-hybridized carbons (Fsp3) is 0.120. The van der Waals surface area contributed by atoms with E-state index >= 15 is 0 Å². The van der Waals surface area contributed by atoms with Crippen molar-refractivity contribution in [1.82, 2.24) is 15.0 Å². The number of aryl methyl sites for hydroxylation is 1. The molecule has 8 nitrogen and oxygen atoms in total. The van der Waals surface area contributed by atoms with Crippen molar-refractivity contribution in [2.45, 2.75) is 13.3 Å². The summed E-state index contributed by atoms with van der Waals surface area (Å²) in [6, 6.07) is 14.5. The number of carbonyl (C=O) groups excluding carboxylic acids is 1. The third-order valence-corrected chi connectivity index (χ3v) is 5.05. The summed E-state index contributed by atoms with van der Waals surface area (Å²) in [7, 11) is 1.59. The molecule has 2 heterocycles. The summed E-state index contributed by atoms with van der Waals surface area (Å²) < 4.78 is 5.19. The zero-order chi connectivity index (χ0) is 23.4. The van der Waals surface area contributed by atoms with Crippen LogP contribution in [0.4, 0.5) is 5.69 Å². The third kappa shape index (κ3) is 4.74. The molecule has 0 unspecified atom stereocenters. The van der Waals surface area contributed by atoms with E-state index in [4.69, 9.17) is 4.74 Å². The Hall–Kier alpha value is -4.46. The molecule has 0 saturated heterocycles. The molecule has 0 aliphatic heterocycles. The van der Waals surface area contributed by atoms with Gasteiger partial charge in [0.25, 0.3) is 0 Å². The van der Waals surface area contributed by atoms with Crippen LogP contribution in [0.5, 0.6) is 5.75 Å². The molecule has 1 amide bonds. The average Bonchev–Trinajstić information content (AvgIpc) is 3.27. The Morgan fingerprint density at radius 2 is 1.97 bits per heavy atom. The van der Waals surface area contributed by atoms with Crippen LogP contribution in [0, 0.1) is 0 Å². The Labute approximate surface area is 190 Å². The van der Waals surface area contributed by atoms with Crippen LogP contribution in [0.15, 0.2) is 60.8 Å². The highest BCUT2D eigenvalue weighted by Crippen LogP contribution is 2.30. The number of carboxylic acids is 1. The van der Waals surface area contributed by atoms with Gasteiger partial charge >= 0.3 is 5.97 Å². The molecule has 0 aliphatic rings. The van der Waals surface area contributed by atoms with Crippen molar-refractivity contribution in [3.05, 3.63) is 77.8 Å². The quantitative estimate of drug-likeness (QED) is 0.362. The maximum Gasteiger partial charge on any atom is 0.338 e. The second-order valence-electron chi connectivity index (χ2n) is 7.25. The SMILES string of the molecule is CCc1nc(-c2cccc(NC(=O)/C=C/c3cccc(OC)c3)c2)c2c(C(=O)O)c[nH]c2n1. The topological polar surface area (TPSA) is 117 Å². The average molecular weight is 442 g/mol. The van der Waals surface area contributed by atoms with Gasteiger partial charge in [-0.3, -0.25) is 4.79 Å². The number of nitrogens with one attached hydrogen (secondary N) is 2. The van der Waals surface area contributed by atoms with Crippen LogP contribution in [0.25, 0.3) is 28.4 Å². The van der Waals surface area contributed by atoms with Crippen molar-refractivity contribution in [3.8, 4) is 17.0 Å². The molecule has 33 heavy (non-hydrogen) atoms. The summed E-state index contributed by atoms with van der Waals surface area (Å²) in [5.74, 6) is -0.0716. The van der Waals surface area contributed by atoms with Crippen LogP contribution in [0.1, 0.15) is 28.7 Å². The van der Waals surface area contributed by atoms with Crippen molar-refractivity contribution in [3.63, 3.8) is 0 Å². The molecule has 166 valence electrons. The molecule has 0 bridgehead atoms. The predicted molar refractivity (Wildman–Crippen MR) is 126 cm³/mol. The van der Waals surface area contributed by atoms with Gasteiger partial charge in [0.2, 0.25) is 5.91 Å². The number of aromatic amines is 1. The van der Waals surface area contributed by atoms with Gasteiger partial charge in [-0.05, 0) is 35.9 Å². The Kier molecular flexibility index (Phi) is 6.17. The number of carbonyl (C=O) groups is 2. The Bertz CT molecular complexity index is 1370. The molecule has 8 heteroatoms. The molecule has 0 radical (unpaired) electrons. The fourth-order valence-corrected chi connectivity index (χ4v) is 3.46. The van der Waals surface area contributed by atoms with Crippen LogP contribution >= 0.6 is 0 Å². The minimum atomic E-state index is -1.07. The smallest absolute Gasteiger partial charge is 0.338 e. The molecule has 0 fully saturated rings. The van der Waals surface area contributed by atoms with Gasteiger partial charge in [0.15, 0.2) is 0 Å². The lowest BCUT2D eigenvalue weighted by Gasteiger charge is -2.09. The van der Waals surface area contributed by atoms with Gasteiger partial charge < -0.3 is 20.1 Å². The van der Waals surface area contributed by atoms with E-state index in [9.17, 15) is 14.7 Å². The van der Waals surface area contributed by atoms with Gasteiger partial charge in [-0.1, -0.05) is 31.2 Å². The van der Waals surface area contributed by atoms with Crippen molar-refractivity contribution in [1.29, 1.82) is 0 Å². The van der Waals surface area contributed by atoms with Crippen LogP contribution in [0.2, 0.25) is 0 Å². The number of carboxylic acid groups (broad SMARTS) is 1.